The number of aliphatic carboxylic acids is 1. The summed E-state index contributed by atoms with van der Waals surface area (Å²) in [5.41, 5.74) is 0. The van der Waals surface area contributed by atoms with Crippen molar-refractivity contribution in [3.63, 3.8) is 0 Å². The van der Waals surface area contributed by atoms with Crippen LogP contribution in [0.4, 0.5) is 0 Å². The first-order valence-electron chi connectivity index (χ1n) is 8.12. The van der Waals surface area contributed by atoms with Gasteiger partial charge in [0, 0.05) is 6.54 Å². The Morgan fingerprint density at radius 3 is 2.43 bits per heavy atom. The minimum Gasteiger partial charge on any atom is -0.481 e. The molecular weight excluding hydrogens is 270 g/mol. The van der Waals surface area contributed by atoms with E-state index in [9.17, 15) is 14.7 Å². The SMILES string of the molecule is CCC1C[C@H](C(=O)N2CC(C)OCC2CC)[C@H](C(=O)O)C1. The van der Waals surface area contributed by atoms with Gasteiger partial charge in [0.1, 0.15) is 0 Å². The van der Waals surface area contributed by atoms with E-state index in [-0.39, 0.29) is 24.0 Å². The molecule has 0 aromatic rings. The van der Waals surface area contributed by atoms with Crippen molar-refractivity contribution in [1.82, 2.24) is 4.90 Å². The molecule has 1 aliphatic carbocycles. The molecule has 1 heterocycles. The number of hydrogen-bond donors (Lipinski definition) is 1. The highest BCUT2D eigenvalue weighted by Gasteiger charge is 2.45. The molecule has 5 nitrogen and oxygen atoms in total. The maximum absolute atomic E-state index is 12.9. The largest absolute Gasteiger partial charge is 0.481 e. The second-order valence-electron chi connectivity index (χ2n) is 6.49. The van der Waals surface area contributed by atoms with E-state index in [1.54, 1.807) is 0 Å². The van der Waals surface area contributed by atoms with E-state index in [1.165, 1.54) is 0 Å². The number of amides is 1. The first-order valence-corrected chi connectivity index (χ1v) is 8.12. The Labute approximate surface area is 126 Å². The number of nitrogens with zero attached hydrogens (tertiary/aromatic N) is 1. The monoisotopic (exact) mass is 297 g/mol. The zero-order valence-corrected chi connectivity index (χ0v) is 13.2. The molecule has 3 unspecified atom stereocenters. The number of carbonyl (C=O) groups is 2. The van der Waals surface area contributed by atoms with Crippen molar-refractivity contribution in [2.45, 2.75) is 58.6 Å². The number of carbonyl (C=O) groups excluding carboxylic acids is 1. The molecule has 21 heavy (non-hydrogen) atoms. The molecule has 120 valence electrons. The van der Waals surface area contributed by atoms with E-state index in [0.717, 1.165) is 12.8 Å². The average Bonchev–Trinajstić information content (AvgIpc) is 2.91. The average molecular weight is 297 g/mol. The van der Waals surface area contributed by atoms with Crippen LogP contribution < -0.4 is 0 Å². The molecule has 1 saturated carbocycles. The van der Waals surface area contributed by atoms with Gasteiger partial charge in [0.05, 0.1) is 30.6 Å². The first-order chi connectivity index (χ1) is 9.97. The third kappa shape index (κ3) is 3.39. The Morgan fingerprint density at radius 1 is 1.19 bits per heavy atom. The maximum Gasteiger partial charge on any atom is 0.307 e. The molecule has 2 fully saturated rings. The summed E-state index contributed by atoms with van der Waals surface area (Å²) in [5, 5.41) is 9.42. The molecule has 1 N–H and O–H groups in total. The van der Waals surface area contributed by atoms with Crippen molar-refractivity contribution in [2.75, 3.05) is 13.2 Å². The van der Waals surface area contributed by atoms with Gasteiger partial charge in [0.25, 0.3) is 0 Å². The van der Waals surface area contributed by atoms with Gasteiger partial charge in [-0.3, -0.25) is 9.59 Å². The zero-order valence-electron chi connectivity index (χ0n) is 13.2. The van der Waals surface area contributed by atoms with Gasteiger partial charge in [-0.2, -0.15) is 0 Å². The van der Waals surface area contributed by atoms with E-state index < -0.39 is 11.9 Å². The molecule has 0 spiro atoms. The van der Waals surface area contributed by atoms with E-state index in [2.05, 4.69) is 6.92 Å². The minimum absolute atomic E-state index is 0.0281. The summed E-state index contributed by atoms with van der Waals surface area (Å²) in [4.78, 5) is 26.3. The van der Waals surface area contributed by atoms with Crippen LogP contribution in [0.15, 0.2) is 0 Å². The highest BCUT2D eigenvalue weighted by atomic mass is 16.5. The topological polar surface area (TPSA) is 66.8 Å². The predicted molar refractivity (Wildman–Crippen MR) is 78.8 cm³/mol. The zero-order chi connectivity index (χ0) is 15.6. The van der Waals surface area contributed by atoms with Gasteiger partial charge in [-0.25, -0.2) is 0 Å². The first kappa shape index (κ1) is 16.3. The molecule has 1 amide bonds. The minimum atomic E-state index is -0.821. The third-order valence-electron chi connectivity index (χ3n) is 5.09. The van der Waals surface area contributed by atoms with E-state index in [4.69, 9.17) is 4.74 Å². The quantitative estimate of drug-likeness (QED) is 0.863. The highest BCUT2D eigenvalue weighted by molar-refractivity contribution is 5.85. The Morgan fingerprint density at radius 2 is 1.86 bits per heavy atom. The lowest BCUT2D eigenvalue weighted by atomic mass is 9.93. The molecule has 1 aliphatic heterocycles. The van der Waals surface area contributed by atoms with Crippen LogP contribution in [0.5, 0.6) is 0 Å². The molecular formula is C16H27NO4. The predicted octanol–water partition coefficient (Wildman–Crippen LogP) is 2.15. The lowest BCUT2D eigenvalue weighted by Gasteiger charge is -2.40. The summed E-state index contributed by atoms with van der Waals surface area (Å²) < 4.78 is 5.63. The van der Waals surface area contributed by atoms with Crippen LogP contribution in [-0.4, -0.2) is 47.2 Å². The van der Waals surface area contributed by atoms with Gasteiger partial charge in [0.2, 0.25) is 5.91 Å². The molecule has 0 aromatic heterocycles. The van der Waals surface area contributed by atoms with Crippen LogP contribution in [0.25, 0.3) is 0 Å². The van der Waals surface area contributed by atoms with E-state index in [0.29, 0.717) is 31.9 Å². The van der Waals surface area contributed by atoms with Crippen LogP contribution in [0.2, 0.25) is 0 Å². The molecule has 2 rings (SSSR count). The van der Waals surface area contributed by atoms with Crippen molar-refractivity contribution >= 4 is 11.9 Å². The van der Waals surface area contributed by atoms with Crippen LogP contribution in [0.3, 0.4) is 0 Å². The van der Waals surface area contributed by atoms with Crippen molar-refractivity contribution in [2.24, 2.45) is 17.8 Å². The van der Waals surface area contributed by atoms with Crippen LogP contribution >= 0.6 is 0 Å². The second kappa shape index (κ2) is 6.77. The molecule has 0 aromatic carbocycles. The molecule has 5 atom stereocenters. The standard InChI is InChI=1S/C16H27NO4/c1-4-11-6-13(14(7-11)16(19)20)15(18)17-8-10(3)21-9-12(17)5-2/h10-14H,4-9H2,1-3H3,(H,19,20)/t10?,11?,12?,13-,14+/m0/s1. The lowest BCUT2D eigenvalue weighted by molar-refractivity contribution is -0.155. The number of morpholine rings is 1. The maximum atomic E-state index is 12.9. The molecule has 0 radical (unpaired) electrons. The van der Waals surface area contributed by atoms with E-state index in [1.807, 2.05) is 18.7 Å². The van der Waals surface area contributed by atoms with E-state index >= 15 is 0 Å². The fourth-order valence-corrected chi connectivity index (χ4v) is 3.69. The summed E-state index contributed by atoms with van der Waals surface area (Å²) in [6, 6.07) is 0.0869. The van der Waals surface area contributed by atoms with Gasteiger partial charge in [-0.05, 0) is 32.1 Å². The number of hydrogen-bond acceptors (Lipinski definition) is 3. The number of rotatable bonds is 4. The summed E-state index contributed by atoms with van der Waals surface area (Å²) in [6.45, 7) is 7.22. The summed E-state index contributed by atoms with van der Waals surface area (Å²) in [6.07, 6.45) is 3.18. The van der Waals surface area contributed by atoms with Gasteiger partial charge in [-0.15, -0.1) is 0 Å². The summed E-state index contributed by atoms with van der Waals surface area (Å²) >= 11 is 0. The van der Waals surface area contributed by atoms with Gasteiger partial charge in [0.15, 0.2) is 0 Å². The smallest absolute Gasteiger partial charge is 0.307 e. The normalized spacial score (nSPS) is 36.7. The van der Waals surface area contributed by atoms with Crippen LogP contribution in [-0.2, 0) is 14.3 Å². The van der Waals surface area contributed by atoms with Crippen molar-refractivity contribution in [1.29, 1.82) is 0 Å². The molecule has 2 aliphatic rings. The summed E-state index contributed by atoms with van der Waals surface area (Å²) in [5.74, 6) is -1.30. The van der Waals surface area contributed by atoms with Crippen molar-refractivity contribution in [3.8, 4) is 0 Å². The Hall–Kier alpha value is -1.10. The highest BCUT2D eigenvalue weighted by Crippen LogP contribution is 2.40. The number of carboxylic acids is 1. The molecule has 5 heteroatoms. The fourth-order valence-electron chi connectivity index (χ4n) is 3.69. The third-order valence-corrected chi connectivity index (χ3v) is 5.09. The van der Waals surface area contributed by atoms with Crippen molar-refractivity contribution < 1.29 is 19.4 Å². The lowest BCUT2D eigenvalue weighted by Crippen LogP contribution is -2.53. The fraction of sp³-hybridized carbons (Fsp3) is 0.875. The molecule has 1 saturated heterocycles. The second-order valence-corrected chi connectivity index (χ2v) is 6.49. The van der Waals surface area contributed by atoms with Crippen molar-refractivity contribution in [3.05, 3.63) is 0 Å². The molecule has 0 bridgehead atoms. The number of ether oxygens (including phenoxy) is 1. The van der Waals surface area contributed by atoms with Crippen LogP contribution in [0, 0.1) is 17.8 Å². The Balaban J connectivity index is 2.14. The summed E-state index contributed by atoms with van der Waals surface area (Å²) in [7, 11) is 0. The van der Waals surface area contributed by atoms with Gasteiger partial charge < -0.3 is 14.7 Å². The Bertz CT molecular complexity index is 398. The Kier molecular flexibility index (Phi) is 5.25. The number of carboxylic acid groups (broad SMARTS) is 1. The van der Waals surface area contributed by atoms with Gasteiger partial charge >= 0.3 is 5.97 Å². The van der Waals surface area contributed by atoms with Crippen LogP contribution in [0.1, 0.15) is 46.5 Å². The van der Waals surface area contributed by atoms with Gasteiger partial charge in [-0.1, -0.05) is 20.3 Å².